The summed E-state index contributed by atoms with van der Waals surface area (Å²) in [7, 11) is 1.85. The minimum Gasteiger partial charge on any atom is -0.420 e. The zero-order chi connectivity index (χ0) is 20.8. The fraction of sp³-hybridized carbons (Fsp3) is 0.143. The van der Waals surface area contributed by atoms with E-state index in [0.717, 1.165) is 11.1 Å². The van der Waals surface area contributed by atoms with E-state index in [1.807, 2.05) is 38.5 Å². The Morgan fingerprint density at radius 3 is 2.47 bits per heavy atom. The molecule has 150 valence electrons. The summed E-state index contributed by atoms with van der Waals surface area (Å²) in [4.78, 5) is 4.39. The lowest BCUT2D eigenvalue weighted by Gasteiger charge is -2.07. The Labute approximate surface area is 169 Å². The van der Waals surface area contributed by atoms with Gasteiger partial charge in [-0.2, -0.15) is 5.10 Å². The Bertz CT molecular complexity index is 1360. The smallest absolute Gasteiger partial charge is 0.253 e. The van der Waals surface area contributed by atoms with E-state index in [1.165, 1.54) is 12.1 Å². The summed E-state index contributed by atoms with van der Waals surface area (Å²) >= 11 is 0. The lowest BCUT2D eigenvalue weighted by molar-refractivity contribution is 0.500. The van der Waals surface area contributed by atoms with Crippen LogP contribution < -0.4 is 0 Å². The van der Waals surface area contributed by atoms with Crippen molar-refractivity contribution in [1.29, 1.82) is 0 Å². The first-order valence-corrected chi connectivity index (χ1v) is 9.32. The lowest BCUT2D eigenvalue weighted by Crippen LogP contribution is -1.95. The molecule has 0 spiro atoms. The molecule has 4 aromatic heterocycles. The topological polar surface area (TPSA) is 74.0 Å². The molecule has 0 atom stereocenters. The van der Waals surface area contributed by atoms with Crippen LogP contribution in [0.15, 0.2) is 53.5 Å². The van der Waals surface area contributed by atoms with Gasteiger partial charge in [0.2, 0.25) is 5.89 Å². The molecule has 5 aromatic rings. The van der Waals surface area contributed by atoms with Crippen LogP contribution >= 0.6 is 0 Å². The van der Waals surface area contributed by atoms with E-state index in [2.05, 4.69) is 20.3 Å². The largest absolute Gasteiger partial charge is 0.420 e. The number of hydrogen-bond donors (Lipinski definition) is 0. The van der Waals surface area contributed by atoms with Gasteiger partial charge in [0.25, 0.3) is 5.89 Å². The number of imidazole rings is 1. The van der Waals surface area contributed by atoms with Gasteiger partial charge in [-0.15, -0.1) is 10.2 Å². The number of halogens is 2. The Kier molecular flexibility index (Phi) is 4.16. The summed E-state index contributed by atoms with van der Waals surface area (Å²) < 4.78 is 38.4. The van der Waals surface area contributed by atoms with E-state index >= 15 is 0 Å². The van der Waals surface area contributed by atoms with Crippen LogP contribution in [0.3, 0.4) is 0 Å². The second-order valence-electron chi connectivity index (χ2n) is 6.86. The van der Waals surface area contributed by atoms with E-state index in [1.54, 1.807) is 21.5 Å². The van der Waals surface area contributed by atoms with Crippen molar-refractivity contribution in [1.82, 2.24) is 29.4 Å². The number of fused-ring (bicyclic) bond motifs is 1. The summed E-state index contributed by atoms with van der Waals surface area (Å²) in [6.45, 7) is 1.82. The molecule has 0 unspecified atom stereocenters. The fourth-order valence-corrected chi connectivity index (χ4v) is 3.37. The maximum atomic E-state index is 14.8. The Morgan fingerprint density at radius 1 is 1.00 bits per heavy atom. The summed E-state index contributed by atoms with van der Waals surface area (Å²) in [5, 5.41) is 11.7. The number of benzene rings is 1. The average Bonchev–Trinajstić information content (AvgIpc) is 3.46. The SMILES string of the molecule is CCc1nnc(-c2c(F)cc(-c3cnc4cc(-c5cnn(C)c5)ccn34)cc2F)o1. The van der Waals surface area contributed by atoms with E-state index in [4.69, 9.17) is 4.42 Å². The molecule has 30 heavy (non-hydrogen) atoms. The molecule has 9 heteroatoms. The normalized spacial score (nSPS) is 11.5. The predicted octanol–water partition coefficient (Wildman–Crippen LogP) is 4.29. The monoisotopic (exact) mass is 406 g/mol. The predicted molar refractivity (Wildman–Crippen MR) is 105 cm³/mol. The summed E-state index contributed by atoms with van der Waals surface area (Å²) in [6, 6.07) is 6.28. The second kappa shape index (κ2) is 6.87. The number of pyridine rings is 1. The third-order valence-electron chi connectivity index (χ3n) is 4.87. The third kappa shape index (κ3) is 2.95. The van der Waals surface area contributed by atoms with Crippen molar-refractivity contribution < 1.29 is 13.2 Å². The number of aryl methyl sites for hydroxylation is 2. The van der Waals surface area contributed by atoms with Crippen LogP contribution in [0.2, 0.25) is 0 Å². The van der Waals surface area contributed by atoms with Gasteiger partial charge in [-0.3, -0.25) is 9.08 Å². The first-order chi connectivity index (χ1) is 14.5. The summed E-state index contributed by atoms with van der Waals surface area (Å²) in [6.07, 6.45) is 7.55. The van der Waals surface area contributed by atoms with Crippen LogP contribution in [-0.2, 0) is 13.5 Å². The molecule has 0 saturated carbocycles. The van der Waals surface area contributed by atoms with Crippen molar-refractivity contribution in [2.24, 2.45) is 7.05 Å². The highest BCUT2D eigenvalue weighted by Gasteiger charge is 2.20. The van der Waals surface area contributed by atoms with Gasteiger partial charge in [-0.25, -0.2) is 13.8 Å². The van der Waals surface area contributed by atoms with E-state index in [-0.39, 0.29) is 11.5 Å². The molecule has 0 N–H and O–H groups in total. The zero-order valence-corrected chi connectivity index (χ0v) is 16.2. The van der Waals surface area contributed by atoms with Crippen molar-refractivity contribution in [3.05, 3.63) is 66.6 Å². The Morgan fingerprint density at radius 2 is 1.80 bits per heavy atom. The van der Waals surface area contributed by atoms with Crippen molar-refractivity contribution in [2.45, 2.75) is 13.3 Å². The van der Waals surface area contributed by atoms with Crippen molar-refractivity contribution in [2.75, 3.05) is 0 Å². The molecule has 5 rings (SSSR count). The van der Waals surface area contributed by atoms with E-state index < -0.39 is 11.6 Å². The molecule has 0 amide bonds. The van der Waals surface area contributed by atoms with Crippen molar-refractivity contribution >= 4 is 5.65 Å². The van der Waals surface area contributed by atoms with E-state index in [9.17, 15) is 8.78 Å². The number of nitrogens with zero attached hydrogens (tertiary/aromatic N) is 6. The maximum Gasteiger partial charge on any atom is 0.253 e. The minimum atomic E-state index is -0.779. The van der Waals surface area contributed by atoms with Gasteiger partial charge in [0.05, 0.1) is 18.1 Å². The van der Waals surface area contributed by atoms with Gasteiger partial charge in [0.1, 0.15) is 22.8 Å². The number of aromatic nitrogens is 6. The highest BCUT2D eigenvalue weighted by Crippen LogP contribution is 2.31. The van der Waals surface area contributed by atoms with Crippen LogP contribution in [0.1, 0.15) is 12.8 Å². The molecular weight excluding hydrogens is 390 g/mol. The van der Waals surface area contributed by atoms with Gasteiger partial charge in [-0.1, -0.05) is 6.92 Å². The first kappa shape index (κ1) is 18.2. The molecule has 4 heterocycles. The molecular formula is C21H16F2N6O. The molecule has 0 saturated heterocycles. The van der Waals surface area contributed by atoms with Gasteiger partial charge < -0.3 is 4.42 Å². The molecule has 1 aromatic carbocycles. The highest BCUT2D eigenvalue weighted by atomic mass is 19.1. The zero-order valence-electron chi connectivity index (χ0n) is 16.2. The van der Waals surface area contributed by atoms with Crippen LogP contribution in [0.5, 0.6) is 0 Å². The molecule has 0 radical (unpaired) electrons. The lowest BCUT2D eigenvalue weighted by atomic mass is 10.1. The standard InChI is InChI=1S/C21H16F2N6O/c1-3-19-26-27-21(30-19)20-15(22)6-13(7-16(20)23)17-10-24-18-8-12(4-5-29(17)18)14-9-25-28(2)11-14/h4-11H,3H2,1-2H3. The molecule has 0 aliphatic rings. The summed E-state index contributed by atoms with van der Waals surface area (Å²) in [5.41, 5.74) is 3.14. The molecule has 7 nitrogen and oxygen atoms in total. The van der Waals surface area contributed by atoms with Crippen molar-refractivity contribution in [3.8, 4) is 33.8 Å². The molecule has 0 fully saturated rings. The number of hydrogen-bond acceptors (Lipinski definition) is 5. The van der Waals surface area contributed by atoms with Gasteiger partial charge >= 0.3 is 0 Å². The van der Waals surface area contributed by atoms with Crippen LogP contribution in [0.25, 0.3) is 39.5 Å². The van der Waals surface area contributed by atoms with Gasteiger partial charge in [0, 0.05) is 37.0 Å². The first-order valence-electron chi connectivity index (χ1n) is 9.32. The van der Waals surface area contributed by atoms with Crippen LogP contribution in [-0.4, -0.2) is 29.4 Å². The fourth-order valence-electron chi connectivity index (χ4n) is 3.37. The van der Waals surface area contributed by atoms with Gasteiger partial charge in [0.15, 0.2) is 0 Å². The van der Waals surface area contributed by atoms with Crippen LogP contribution in [0, 0.1) is 11.6 Å². The summed E-state index contributed by atoms with van der Waals surface area (Å²) in [5.74, 6) is -1.41. The quantitative estimate of drug-likeness (QED) is 0.445. The number of rotatable bonds is 4. The van der Waals surface area contributed by atoms with E-state index in [0.29, 0.717) is 29.2 Å². The minimum absolute atomic E-state index is 0.173. The Balaban J connectivity index is 1.57. The maximum absolute atomic E-state index is 14.8. The van der Waals surface area contributed by atoms with Crippen molar-refractivity contribution in [3.63, 3.8) is 0 Å². The molecule has 0 bridgehead atoms. The average molecular weight is 406 g/mol. The third-order valence-corrected chi connectivity index (χ3v) is 4.87. The van der Waals surface area contributed by atoms with Crippen LogP contribution in [0.4, 0.5) is 8.78 Å². The Hall–Kier alpha value is -3.88. The van der Waals surface area contributed by atoms with Gasteiger partial charge in [-0.05, 0) is 29.8 Å². The molecule has 0 aliphatic heterocycles. The second-order valence-corrected chi connectivity index (χ2v) is 6.86. The molecule has 0 aliphatic carbocycles. The highest BCUT2D eigenvalue weighted by molar-refractivity contribution is 5.71.